The molecule has 7 rings (SSSR count). The topological polar surface area (TPSA) is 0 Å². The Balaban J connectivity index is 1.23. The molecule has 0 nitrogen and oxygen atoms in total. The van der Waals surface area contributed by atoms with E-state index in [9.17, 15) is 0 Å². The summed E-state index contributed by atoms with van der Waals surface area (Å²) in [7, 11) is 0. The second kappa shape index (κ2) is 14.4. The van der Waals surface area contributed by atoms with Gasteiger partial charge in [-0.25, -0.2) is 0 Å². The highest BCUT2D eigenvalue weighted by Crippen LogP contribution is 3.13. The minimum Gasteiger partial charge on any atom is -0.0864 e. The van der Waals surface area contributed by atoms with Crippen LogP contribution in [0, 0.1) is 79.3 Å². The first-order valence-electron chi connectivity index (χ1n) is 23.4. The van der Waals surface area contributed by atoms with Gasteiger partial charge in [-0.15, -0.1) is 0 Å². The number of halogens is 2. The Bertz CT molecular complexity index is 1220. The molecule has 0 radical (unpaired) electrons. The third-order valence-corrected chi connectivity index (χ3v) is 21.6. The third-order valence-electron chi connectivity index (χ3n) is 19.7. The lowest BCUT2D eigenvalue weighted by Gasteiger charge is -2.64. The molecule has 6 unspecified atom stereocenters. The maximum atomic E-state index is 3.01. The Morgan fingerprint density at radius 1 is 0.804 bits per heavy atom. The summed E-state index contributed by atoms with van der Waals surface area (Å²) in [5.74, 6) is 7.12. The number of hydrogen-bond donors (Lipinski definition) is 0. The molecule has 4 spiro atoms. The average Bonchev–Trinajstić information content (AvgIpc) is 3.64. The molecule has 7 aliphatic rings. The van der Waals surface area contributed by atoms with Crippen molar-refractivity contribution in [2.75, 3.05) is 4.43 Å². The van der Waals surface area contributed by atoms with E-state index in [1.807, 2.05) is 0 Å². The predicted octanol–water partition coefficient (Wildman–Crippen LogP) is 16.5. The van der Waals surface area contributed by atoms with Crippen molar-refractivity contribution in [2.24, 2.45) is 79.3 Å². The second-order valence-electron chi connectivity index (χ2n) is 22.8. The molecule has 2 heteroatoms. The summed E-state index contributed by atoms with van der Waals surface area (Å²) >= 11 is 5.70. The quantitative estimate of drug-likeness (QED) is 0.0688. The normalized spacial score (nSPS) is 49.7. The van der Waals surface area contributed by atoms with Crippen molar-refractivity contribution in [3.05, 3.63) is 0 Å². The Morgan fingerprint density at radius 2 is 1.55 bits per heavy atom. The summed E-state index contributed by atoms with van der Waals surface area (Å²) < 4.78 is 1.98. The van der Waals surface area contributed by atoms with Crippen molar-refractivity contribution in [1.29, 1.82) is 0 Å². The highest BCUT2D eigenvalue weighted by atomic mass is 127. The lowest BCUT2D eigenvalue weighted by atomic mass is 9.40. The number of fused-ring (bicyclic) bond motifs is 1. The van der Waals surface area contributed by atoms with E-state index in [0.717, 1.165) is 46.8 Å². The molecule has 294 valence electrons. The Kier molecular flexibility index (Phi) is 11.5. The summed E-state index contributed by atoms with van der Waals surface area (Å²) in [6, 6.07) is 0. The number of alkyl halides is 2. The molecule has 0 aliphatic heterocycles. The predicted molar refractivity (Wildman–Crippen MR) is 239 cm³/mol. The maximum Gasteiger partial charge on any atom is 0.0232 e. The zero-order chi connectivity index (χ0) is 36.7. The van der Waals surface area contributed by atoms with Crippen LogP contribution in [0.15, 0.2) is 0 Å². The van der Waals surface area contributed by atoms with Gasteiger partial charge in [0.05, 0.1) is 0 Å². The summed E-state index contributed by atoms with van der Waals surface area (Å²) in [6.45, 7) is 23.5. The standard InChI is InChI=1S/C49H84I2/c1-10-14-15-18-37-20-27-47(48-32-40-41(38(17-11-2)22-28-50)49(40,48)44(48,9)35(37)5)39(19-16-25-46(51)33-43(8,34-46)24-13-4)21-26-45(47)30-36(31-45)29-42(6,7)23-12-3/h35-41H,10-34H2,1-9H3/t35-,36?,37?,38?,39?,40?,41+,43-,44-,45?,46-,47?,48?,49+/m1/s1. The van der Waals surface area contributed by atoms with E-state index >= 15 is 0 Å². The Labute approximate surface area is 346 Å². The molecule has 51 heavy (non-hydrogen) atoms. The van der Waals surface area contributed by atoms with Gasteiger partial charge in [0, 0.05) is 3.42 Å². The molecule has 0 amide bonds. The van der Waals surface area contributed by atoms with Gasteiger partial charge in [-0.2, -0.15) is 0 Å². The molecule has 7 saturated carbocycles. The van der Waals surface area contributed by atoms with E-state index in [1.54, 1.807) is 51.4 Å². The van der Waals surface area contributed by atoms with Gasteiger partial charge in [0.15, 0.2) is 0 Å². The number of hydrogen-bond acceptors (Lipinski definition) is 0. The van der Waals surface area contributed by atoms with Gasteiger partial charge in [-0.05, 0) is 180 Å². The molecule has 0 bridgehead atoms. The molecule has 0 heterocycles. The molecule has 0 aromatic heterocycles. The van der Waals surface area contributed by atoms with Crippen LogP contribution in [0.25, 0.3) is 0 Å². The fraction of sp³-hybridized carbons (Fsp3) is 1.00. The van der Waals surface area contributed by atoms with E-state index in [2.05, 4.69) is 107 Å². The molecule has 7 fully saturated rings. The van der Waals surface area contributed by atoms with Crippen LogP contribution in [0.1, 0.15) is 216 Å². The zero-order valence-corrected chi connectivity index (χ0v) is 39.8. The van der Waals surface area contributed by atoms with Crippen molar-refractivity contribution in [3.8, 4) is 0 Å². The van der Waals surface area contributed by atoms with Crippen molar-refractivity contribution >= 4 is 45.2 Å². The van der Waals surface area contributed by atoms with E-state index < -0.39 is 0 Å². The van der Waals surface area contributed by atoms with Gasteiger partial charge in [0.2, 0.25) is 0 Å². The summed E-state index contributed by atoms with van der Waals surface area (Å²) in [5.41, 5.74) is 4.52. The average molecular weight is 927 g/mol. The van der Waals surface area contributed by atoms with Gasteiger partial charge in [0.25, 0.3) is 0 Å². The fourth-order valence-electron chi connectivity index (χ4n) is 18.9. The minimum absolute atomic E-state index is 0.530. The van der Waals surface area contributed by atoms with Crippen molar-refractivity contribution in [2.45, 2.75) is 220 Å². The highest BCUT2D eigenvalue weighted by Gasteiger charge is 3.09. The van der Waals surface area contributed by atoms with Crippen LogP contribution in [0.4, 0.5) is 0 Å². The van der Waals surface area contributed by atoms with Crippen LogP contribution in [0.5, 0.6) is 0 Å². The summed E-state index contributed by atoms with van der Waals surface area (Å²) in [4.78, 5) is 0. The summed E-state index contributed by atoms with van der Waals surface area (Å²) in [5, 5.41) is 0. The summed E-state index contributed by atoms with van der Waals surface area (Å²) in [6.07, 6.45) is 36.3. The fourth-order valence-corrected chi connectivity index (χ4v) is 21.9. The molecule has 0 aromatic carbocycles. The minimum atomic E-state index is 0.530. The zero-order valence-electron chi connectivity index (χ0n) is 35.5. The van der Waals surface area contributed by atoms with E-state index in [1.165, 1.54) is 107 Å². The SMILES string of the molecule is CCCCCC1CCC2(C(CCC[C@]3(I)C[C@](C)(CCC)C3)CCC23CC(CC(C)(C)CCC)C3)C23CC4[C@H](C(CCC)CCI)[C@]42[C@]3(C)[C@@H]1C. The lowest BCUT2D eigenvalue weighted by Crippen LogP contribution is -2.58. The van der Waals surface area contributed by atoms with Gasteiger partial charge in [-0.1, -0.05) is 165 Å². The van der Waals surface area contributed by atoms with E-state index in [4.69, 9.17) is 0 Å². The first-order valence-corrected chi connectivity index (χ1v) is 26.0. The molecule has 7 aliphatic carbocycles. The highest BCUT2D eigenvalue weighted by molar-refractivity contribution is 14.1. The lowest BCUT2D eigenvalue weighted by molar-refractivity contribution is -0.163. The van der Waals surface area contributed by atoms with Gasteiger partial charge in [0.1, 0.15) is 0 Å². The van der Waals surface area contributed by atoms with Crippen LogP contribution < -0.4 is 0 Å². The van der Waals surface area contributed by atoms with Crippen molar-refractivity contribution < 1.29 is 0 Å². The van der Waals surface area contributed by atoms with Crippen LogP contribution in [0.3, 0.4) is 0 Å². The monoisotopic (exact) mass is 926 g/mol. The van der Waals surface area contributed by atoms with Crippen LogP contribution in [-0.2, 0) is 0 Å². The van der Waals surface area contributed by atoms with Gasteiger partial charge >= 0.3 is 0 Å². The largest absolute Gasteiger partial charge is 0.0864 e. The molecule has 0 aromatic rings. The first-order chi connectivity index (χ1) is 24.2. The van der Waals surface area contributed by atoms with Crippen LogP contribution in [0.2, 0.25) is 0 Å². The first kappa shape index (κ1) is 40.6. The van der Waals surface area contributed by atoms with Crippen LogP contribution >= 0.6 is 45.2 Å². The maximum absolute atomic E-state index is 3.01. The number of unbranched alkanes of at least 4 members (excludes halogenated alkanes) is 2. The van der Waals surface area contributed by atoms with Gasteiger partial charge < -0.3 is 0 Å². The van der Waals surface area contributed by atoms with E-state index in [0.29, 0.717) is 35.9 Å². The molecule has 0 N–H and O–H groups in total. The Morgan fingerprint density at radius 3 is 2.20 bits per heavy atom. The molecular formula is C49H84I2. The van der Waals surface area contributed by atoms with Gasteiger partial charge in [-0.3, -0.25) is 0 Å². The third kappa shape index (κ3) is 5.71. The van der Waals surface area contributed by atoms with Crippen molar-refractivity contribution in [3.63, 3.8) is 0 Å². The van der Waals surface area contributed by atoms with Crippen molar-refractivity contribution in [1.82, 2.24) is 0 Å². The molecule has 10 atom stereocenters. The second-order valence-corrected chi connectivity index (χ2v) is 26.1. The van der Waals surface area contributed by atoms with Crippen LogP contribution in [-0.4, -0.2) is 7.85 Å². The smallest absolute Gasteiger partial charge is 0.0232 e. The molecule has 0 saturated heterocycles. The van der Waals surface area contributed by atoms with E-state index in [-0.39, 0.29) is 0 Å². The Hall–Kier alpha value is 1.46. The molecular weight excluding hydrogens is 842 g/mol. The number of rotatable bonds is 19.